The van der Waals surface area contributed by atoms with Gasteiger partial charge in [0.1, 0.15) is 0 Å². The number of carbonyl (C=O) groups is 2. The second-order valence-electron chi connectivity index (χ2n) is 4.40. The van der Waals surface area contributed by atoms with E-state index in [1.54, 1.807) is 0 Å². The monoisotopic (exact) mass is 273 g/mol. The molecule has 7 nitrogen and oxygen atoms in total. The van der Waals surface area contributed by atoms with Crippen molar-refractivity contribution in [3.63, 3.8) is 0 Å². The lowest BCUT2D eigenvalue weighted by atomic mass is 10.3. The predicted molar refractivity (Wildman–Crippen MR) is 69.6 cm³/mol. The minimum Gasteiger partial charge on any atom is -0.396 e. The number of morpholine rings is 1. The molecule has 0 aromatic carbocycles. The number of aliphatic hydroxyl groups excluding tert-OH is 1. The number of rotatable bonds is 7. The van der Waals surface area contributed by atoms with Gasteiger partial charge in [0.15, 0.2) is 0 Å². The highest BCUT2D eigenvalue weighted by molar-refractivity contribution is 6.35. The Balaban J connectivity index is 2.01. The van der Waals surface area contributed by atoms with E-state index in [9.17, 15) is 9.59 Å². The highest BCUT2D eigenvalue weighted by Crippen LogP contribution is 1.97. The van der Waals surface area contributed by atoms with Gasteiger partial charge in [0, 0.05) is 32.8 Å². The minimum absolute atomic E-state index is 0.00144. The van der Waals surface area contributed by atoms with E-state index in [2.05, 4.69) is 15.5 Å². The van der Waals surface area contributed by atoms with Crippen LogP contribution in [0.4, 0.5) is 0 Å². The Bertz CT molecular complexity index is 280. The van der Waals surface area contributed by atoms with Crippen LogP contribution in [0.1, 0.15) is 12.8 Å². The number of nitrogens with one attached hydrogen (secondary N) is 2. The lowest BCUT2D eigenvalue weighted by molar-refractivity contribution is -0.139. The van der Waals surface area contributed by atoms with Crippen LogP contribution in [0, 0.1) is 0 Å². The molecule has 0 unspecified atom stereocenters. The molecule has 0 radical (unpaired) electrons. The lowest BCUT2D eigenvalue weighted by Crippen LogP contribution is -2.42. The third-order valence-corrected chi connectivity index (χ3v) is 2.87. The molecule has 0 aromatic rings. The first-order valence-electron chi connectivity index (χ1n) is 6.71. The smallest absolute Gasteiger partial charge is 0.309 e. The van der Waals surface area contributed by atoms with Crippen LogP contribution in [-0.2, 0) is 14.3 Å². The van der Waals surface area contributed by atoms with Gasteiger partial charge in [-0.25, -0.2) is 0 Å². The molecule has 0 saturated carbocycles. The number of hydrogen-bond donors (Lipinski definition) is 3. The van der Waals surface area contributed by atoms with Crippen molar-refractivity contribution in [3.8, 4) is 0 Å². The summed E-state index contributed by atoms with van der Waals surface area (Å²) in [5.74, 6) is -1.25. The SMILES string of the molecule is O=C(NCCCO)C(=O)NCCCN1CCOCC1. The van der Waals surface area contributed by atoms with E-state index in [-0.39, 0.29) is 6.61 Å². The molecule has 0 spiro atoms. The fourth-order valence-electron chi connectivity index (χ4n) is 1.77. The van der Waals surface area contributed by atoms with Crippen LogP contribution in [0.2, 0.25) is 0 Å². The van der Waals surface area contributed by atoms with Crippen LogP contribution in [0.25, 0.3) is 0 Å². The zero-order chi connectivity index (χ0) is 13.9. The van der Waals surface area contributed by atoms with E-state index in [1.165, 1.54) is 0 Å². The Kier molecular flexibility index (Phi) is 8.11. The normalized spacial score (nSPS) is 16.1. The highest BCUT2D eigenvalue weighted by atomic mass is 16.5. The molecule has 110 valence electrons. The Morgan fingerprint density at radius 3 is 2.21 bits per heavy atom. The third-order valence-electron chi connectivity index (χ3n) is 2.87. The van der Waals surface area contributed by atoms with E-state index in [0.29, 0.717) is 19.5 Å². The predicted octanol–water partition coefficient (Wildman–Crippen LogP) is -1.68. The Hall–Kier alpha value is -1.18. The zero-order valence-corrected chi connectivity index (χ0v) is 11.2. The summed E-state index contributed by atoms with van der Waals surface area (Å²) in [7, 11) is 0. The van der Waals surface area contributed by atoms with Crippen molar-refractivity contribution in [1.82, 2.24) is 15.5 Å². The molecular weight excluding hydrogens is 250 g/mol. The van der Waals surface area contributed by atoms with Crippen LogP contribution in [-0.4, -0.2) is 74.4 Å². The van der Waals surface area contributed by atoms with Gasteiger partial charge in [0.25, 0.3) is 0 Å². The molecule has 1 saturated heterocycles. The summed E-state index contributed by atoms with van der Waals surface area (Å²) in [5.41, 5.74) is 0. The second kappa shape index (κ2) is 9.71. The molecule has 1 aliphatic rings. The third kappa shape index (κ3) is 7.09. The average molecular weight is 273 g/mol. The van der Waals surface area contributed by atoms with Gasteiger partial charge in [-0.1, -0.05) is 0 Å². The molecular formula is C12H23N3O4. The summed E-state index contributed by atoms with van der Waals surface area (Å²) in [6.07, 6.45) is 1.27. The number of nitrogens with zero attached hydrogens (tertiary/aromatic N) is 1. The topological polar surface area (TPSA) is 90.9 Å². The van der Waals surface area contributed by atoms with Gasteiger partial charge in [-0.3, -0.25) is 14.5 Å². The molecule has 1 aliphatic heterocycles. The largest absolute Gasteiger partial charge is 0.396 e. The standard InChI is InChI=1S/C12H23N3O4/c16-8-2-4-14-12(18)11(17)13-3-1-5-15-6-9-19-10-7-15/h16H,1-10H2,(H,13,17)(H,14,18). The molecule has 0 aromatic heterocycles. The number of ether oxygens (including phenoxy) is 1. The first kappa shape index (κ1) is 15.9. The minimum atomic E-state index is -0.639. The van der Waals surface area contributed by atoms with Gasteiger partial charge in [0.05, 0.1) is 13.2 Å². The zero-order valence-electron chi connectivity index (χ0n) is 11.2. The maximum absolute atomic E-state index is 11.4. The van der Waals surface area contributed by atoms with E-state index < -0.39 is 11.8 Å². The van der Waals surface area contributed by atoms with Crippen molar-refractivity contribution in [2.75, 3.05) is 52.5 Å². The maximum atomic E-state index is 11.4. The van der Waals surface area contributed by atoms with E-state index >= 15 is 0 Å². The summed E-state index contributed by atoms with van der Waals surface area (Å²) in [6.45, 7) is 5.09. The van der Waals surface area contributed by atoms with Crippen molar-refractivity contribution in [3.05, 3.63) is 0 Å². The summed E-state index contributed by atoms with van der Waals surface area (Å²) in [4.78, 5) is 24.9. The van der Waals surface area contributed by atoms with Crippen LogP contribution in [0.15, 0.2) is 0 Å². The second-order valence-corrected chi connectivity index (χ2v) is 4.40. The van der Waals surface area contributed by atoms with E-state index in [1.807, 2.05) is 0 Å². The van der Waals surface area contributed by atoms with Gasteiger partial charge < -0.3 is 20.5 Å². The molecule has 0 bridgehead atoms. The Morgan fingerprint density at radius 1 is 1.05 bits per heavy atom. The number of carbonyl (C=O) groups excluding carboxylic acids is 2. The van der Waals surface area contributed by atoms with Crippen LogP contribution >= 0.6 is 0 Å². The fraction of sp³-hybridized carbons (Fsp3) is 0.833. The summed E-state index contributed by atoms with van der Waals surface area (Å²) in [5, 5.41) is 13.6. The summed E-state index contributed by atoms with van der Waals surface area (Å²) >= 11 is 0. The molecule has 0 atom stereocenters. The average Bonchev–Trinajstić information content (AvgIpc) is 2.44. The summed E-state index contributed by atoms with van der Waals surface area (Å²) in [6, 6.07) is 0. The van der Waals surface area contributed by atoms with Crippen LogP contribution < -0.4 is 10.6 Å². The van der Waals surface area contributed by atoms with Gasteiger partial charge in [0.2, 0.25) is 0 Å². The molecule has 19 heavy (non-hydrogen) atoms. The van der Waals surface area contributed by atoms with Crippen molar-refractivity contribution in [2.24, 2.45) is 0 Å². The molecule has 0 aliphatic carbocycles. The van der Waals surface area contributed by atoms with Gasteiger partial charge in [-0.2, -0.15) is 0 Å². The first-order chi connectivity index (χ1) is 9.24. The maximum Gasteiger partial charge on any atom is 0.309 e. The molecule has 1 heterocycles. The molecule has 3 N–H and O–H groups in total. The Morgan fingerprint density at radius 2 is 1.63 bits per heavy atom. The van der Waals surface area contributed by atoms with Gasteiger partial charge in [-0.05, 0) is 19.4 Å². The summed E-state index contributed by atoms with van der Waals surface area (Å²) < 4.78 is 5.24. The number of amides is 2. The highest BCUT2D eigenvalue weighted by Gasteiger charge is 2.13. The molecule has 1 rings (SSSR count). The number of hydrogen-bond acceptors (Lipinski definition) is 5. The van der Waals surface area contributed by atoms with Crippen molar-refractivity contribution in [1.29, 1.82) is 0 Å². The van der Waals surface area contributed by atoms with Crippen molar-refractivity contribution in [2.45, 2.75) is 12.8 Å². The lowest BCUT2D eigenvalue weighted by Gasteiger charge is -2.26. The van der Waals surface area contributed by atoms with Gasteiger partial charge in [-0.15, -0.1) is 0 Å². The van der Waals surface area contributed by atoms with Crippen LogP contribution in [0.5, 0.6) is 0 Å². The van der Waals surface area contributed by atoms with Crippen molar-refractivity contribution < 1.29 is 19.4 Å². The molecule has 1 fully saturated rings. The fourth-order valence-corrected chi connectivity index (χ4v) is 1.77. The van der Waals surface area contributed by atoms with Crippen LogP contribution in [0.3, 0.4) is 0 Å². The quantitative estimate of drug-likeness (QED) is 0.381. The molecule has 7 heteroatoms. The van der Waals surface area contributed by atoms with E-state index in [4.69, 9.17) is 9.84 Å². The Labute approximate surface area is 113 Å². The van der Waals surface area contributed by atoms with Crippen molar-refractivity contribution >= 4 is 11.8 Å². The van der Waals surface area contributed by atoms with E-state index in [0.717, 1.165) is 39.3 Å². The number of aliphatic hydroxyl groups is 1. The first-order valence-corrected chi connectivity index (χ1v) is 6.71. The molecule has 2 amide bonds. The van der Waals surface area contributed by atoms with Gasteiger partial charge >= 0.3 is 11.8 Å².